The van der Waals surface area contributed by atoms with E-state index in [4.69, 9.17) is 0 Å². The van der Waals surface area contributed by atoms with E-state index in [1.54, 1.807) is 12.4 Å². The quantitative estimate of drug-likeness (QED) is 0.725. The Hall–Kier alpha value is -2.95. The predicted molar refractivity (Wildman–Crippen MR) is 95.7 cm³/mol. The minimum atomic E-state index is 0.552. The number of hydrogen-bond acceptors (Lipinski definition) is 5. The number of anilines is 2. The lowest BCUT2D eigenvalue weighted by Gasteiger charge is -2.11. The third-order valence-corrected chi connectivity index (χ3v) is 3.93. The van der Waals surface area contributed by atoms with Crippen LogP contribution in [0.1, 0.15) is 18.4 Å². The molecule has 5 nitrogen and oxygen atoms in total. The van der Waals surface area contributed by atoms with Crippen LogP contribution in [0.4, 0.5) is 11.8 Å². The second-order valence-electron chi connectivity index (χ2n) is 5.96. The first-order chi connectivity index (χ1) is 11.9. The Morgan fingerprint density at radius 2 is 1.75 bits per heavy atom. The minimum Gasteiger partial charge on any atom is -0.367 e. The molecule has 3 aromatic rings. The number of nitrogens with zero attached hydrogens (tertiary/aromatic N) is 3. The van der Waals surface area contributed by atoms with Gasteiger partial charge in [-0.05, 0) is 30.5 Å². The van der Waals surface area contributed by atoms with Gasteiger partial charge in [0.15, 0.2) is 0 Å². The van der Waals surface area contributed by atoms with Crippen molar-refractivity contribution >= 4 is 11.8 Å². The van der Waals surface area contributed by atoms with Crippen molar-refractivity contribution in [3.8, 4) is 11.3 Å². The van der Waals surface area contributed by atoms with Crippen molar-refractivity contribution in [2.45, 2.75) is 25.4 Å². The minimum absolute atomic E-state index is 0.552. The average Bonchev–Trinajstić information content (AvgIpc) is 3.45. The second kappa shape index (κ2) is 6.66. The molecule has 1 aliphatic rings. The van der Waals surface area contributed by atoms with Gasteiger partial charge in [0.25, 0.3) is 0 Å². The maximum Gasteiger partial charge on any atom is 0.225 e. The topological polar surface area (TPSA) is 62.7 Å². The molecule has 2 N–H and O–H groups in total. The standard InChI is InChI=1S/C19H19N5/c1-2-4-15(5-3-1)17-12-18(22-16-6-7-16)24-19(23-17)21-13-14-8-10-20-11-9-14/h1-5,8-12,16H,6-7,13H2,(H2,21,22,23,24). The first-order valence-corrected chi connectivity index (χ1v) is 8.21. The highest BCUT2D eigenvalue weighted by Crippen LogP contribution is 2.27. The zero-order chi connectivity index (χ0) is 16.2. The second-order valence-corrected chi connectivity index (χ2v) is 5.96. The van der Waals surface area contributed by atoms with Gasteiger partial charge in [-0.1, -0.05) is 30.3 Å². The molecule has 0 spiro atoms. The van der Waals surface area contributed by atoms with Crippen molar-refractivity contribution in [2.75, 3.05) is 10.6 Å². The molecule has 1 fully saturated rings. The van der Waals surface area contributed by atoms with Crippen LogP contribution in [0.15, 0.2) is 60.9 Å². The molecule has 0 aliphatic heterocycles. The molecule has 0 atom stereocenters. The van der Waals surface area contributed by atoms with Crippen LogP contribution in [0.3, 0.4) is 0 Å². The maximum absolute atomic E-state index is 4.67. The lowest BCUT2D eigenvalue weighted by atomic mass is 10.1. The Morgan fingerprint density at radius 1 is 0.958 bits per heavy atom. The summed E-state index contributed by atoms with van der Waals surface area (Å²) in [5, 5.41) is 6.78. The van der Waals surface area contributed by atoms with Crippen molar-refractivity contribution in [1.82, 2.24) is 15.0 Å². The molecule has 1 aromatic carbocycles. The summed E-state index contributed by atoms with van der Waals surface area (Å²) in [5.74, 6) is 1.51. The molecule has 2 heterocycles. The van der Waals surface area contributed by atoms with Crippen LogP contribution in [-0.4, -0.2) is 21.0 Å². The summed E-state index contributed by atoms with van der Waals surface area (Å²) in [7, 11) is 0. The summed E-state index contributed by atoms with van der Waals surface area (Å²) in [6.07, 6.45) is 6.01. The van der Waals surface area contributed by atoms with E-state index in [0.717, 1.165) is 22.6 Å². The van der Waals surface area contributed by atoms with Gasteiger partial charge in [-0.15, -0.1) is 0 Å². The predicted octanol–water partition coefficient (Wildman–Crippen LogP) is 3.73. The van der Waals surface area contributed by atoms with Crippen LogP contribution >= 0.6 is 0 Å². The number of rotatable bonds is 6. The lowest BCUT2D eigenvalue weighted by molar-refractivity contribution is 1.03. The van der Waals surface area contributed by atoms with Crippen molar-refractivity contribution < 1.29 is 0 Å². The van der Waals surface area contributed by atoms with Gasteiger partial charge in [-0.2, -0.15) is 4.98 Å². The third-order valence-electron chi connectivity index (χ3n) is 3.93. The van der Waals surface area contributed by atoms with E-state index in [2.05, 4.69) is 37.7 Å². The van der Waals surface area contributed by atoms with Gasteiger partial charge in [0.2, 0.25) is 5.95 Å². The van der Waals surface area contributed by atoms with Crippen LogP contribution < -0.4 is 10.6 Å². The molecule has 1 saturated carbocycles. The molecule has 0 saturated heterocycles. The number of pyridine rings is 1. The van der Waals surface area contributed by atoms with Gasteiger partial charge in [-0.3, -0.25) is 4.98 Å². The highest BCUT2D eigenvalue weighted by Gasteiger charge is 2.22. The summed E-state index contributed by atoms with van der Waals surface area (Å²) in [6, 6.07) is 16.7. The summed E-state index contributed by atoms with van der Waals surface area (Å²) in [5.41, 5.74) is 3.16. The van der Waals surface area contributed by atoms with Crippen molar-refractivity contribution in [3.05, 3.63) is 66.5 Å². The number of benzene rings is 1. The Morgan fingerprint density at radius 3 is 2.50 bits per heavy atom. The summed E-state index contributed by atoms with van der Waals surface area (Å²) >= 11 is 0. The van der Waals surface area contributed by atoms with E-state index in [1.807, 2.05) is 36.4 Å². The van der Waals surface area contributed by atoms with Gasteiger partial charge >= 0.3 is 0 Å². The molecule has 24 heavy (non-hydrogen) atoms. The molecule has 0 amide bonds. The molecule has 0 unspecified atom stereocenters. The number of nitrogens with one attached hydrogen (secondary N) is 2. The van der Waals surface area contributed by atoms with E-state index < -0.39 is 0 Å². The fourth-order valence-electron chi connectivity index (χ4n) is 2.48. The first-order valence-electron chi connectivity index (χ1n) is 8.21. The molecular weight excluding hydrogens is 298 g/mol. The Labute approximate surface area is 141 Å². The van der Waals surface area contributed by atoms with E-state index in [1.165, 1.54) is 12.8 Å². The molecule has 1 aliphatic carbocycles. The molecule has 0 radical (unpaired) electrons. The van der Waals surface area contributed by atoms with Crippen LogP contribution in [-0.2, 0) is 6.54 Å². The summed E-state index contributed by atoms with van der Waals surface area (Å²) in [4.78, 5) is 13.3. The van der Waals surface area contributed by atoms with Crippen LogP contribution in [0, 0.1) is 0 Å². The van der Waals surface area contributed by atoms with E-state index in [0.29, 0.717) is 18.5 Å². The molecule has 5 heteroatoms. The third kappa shape index (κ3) is 3.68. The van der Waals surface area contributed by atoms with Gasteiger partial charge in [0, 0.05) is 36.6 Å². The maximum atomic E-state index is 4.67. The number of hydrogen-bond donors (Lipinski definition) is 2. The summed E-state index contributed by atoms with van der Waals surface area (Å²) in [6.45, 7) is 0.670. The largest absolute Gasteiger partial charge is 0.367 e. The highest BCUT2D eigenvalue weighted by molar-refractivity contribution is 5.64. The van der Waals surface area contributed by atoms with E-state index in [-0.39, 0.29) is 0 Å². The van der Waals surface area contributed by atoms with Crippen LogP contribution in [0.2, 0.25) is 0 Å². The Balaban J connectivity index is 1.59. The lowest BCUT2D eigenvalue weighted by Crippen LogP contribution is -2.09. The molecular formula is C19H19N5. The summed E-state index contributed by atoms with van der Waals surface area (Å²) < 4.78 is 0. The zero-order valence-electron chi connectivity index (χ0n) is 13.3. The van der Waals surface area contributed by atoms with Crippen molar-refractivity contribution in [3.63, 3.8) is 0 Å². The molecule has 2 aromatic heterocycles. The smallest absolute Gasteiger partial charge is 0.225 e. The highest BCUT2D eigenvalue weighted by atomic mass is 15.2. The Bertz CT molecular complexity index is 801. The van der Waals surface area contributed by atoms with Gasteiger partial charge in [0.05, 0.1) is 5.69 Å². The zero-order valence-corrected chi connectivity index (χ0v) is 13.3. The monoisotopic (exact) mass is 317 g/mol. The molecule has 0 bridgehead atoms. The fourth-order valence-corrected chi connectivity index (χ4v) is 2.48. The van der Waals surface area contributed by atoms with Gasteiger partial charge < -0.3 is 10.6 Å². The Kier molecular flexibility index (Phi) is 4.06. The molecule has 120 valence electrons. The first kappa shape index (κ1) is 14.6. The normalized spacial score (nSPS) is 13.5. The van der Waals surface area contributed by atoms with Gasteiger partial charge in [-0.25, -0.2) is 4.98 Å². The van der Waals surface area contributed by atoms with Crippen molar-refractivity contribution in [1.29, 1.82) is 0 Å². The van der Waals surface area contributed by atoms with Crippen molar-refractivity contribution in [2.24, 2.45) is 0 Å². The number of aromatic nitrogens is 3. The molecule has 4 rings (SSSR count). The van der Waals surface area contributed by atoms with Gasteiger partial charge in [0.1, 0.15) is 5.82 Å². The van der Waals surface area contributed by atoms with E-state index >= 15 is 0 Å². The van der Waals surface area contributed by atoms with Crippen LogP contribution in [0.25, 0.3) is 11.3 Å². The fraction of sp³-hybridized carbons (Fsp3) is 0.211. The SMILES string of the molecule is c1ccc(-c2cc(NC3CC3)nc(NCc3ccncc3)n2)cc1. The van der Waals surface area contributed by atoms with E-state index in [9.17, 15) is 0 Å². The average molecular weight is 317 g/mol. The van der Waals surface area contributed by atoms with Crippen LogP contribution in [0.5, 0.6) is 0 Å².